The molecule has 0 aliphatic heterocycles. The molecule has 1 aromatic heterocycles. The second-order valence-corrected chi connectivity index (χ2v) is 5.03. The van der Waals surface area contributed by atoms with Gasteiger partial charge in [0.1, 0.15) is 0 Å². The number of thiazole rings is 1. The Kier molecular flexibility index (Phi) is 5.25. The molecule has 2 amide bonds. The van der Waals surface area contributed by atoms with Crippen LogP contribution in [0.1, 0.15) is 12.0 Å². The van der Waals surface area contributed by atoms with Crippen LogP contribution >= 0.6 is 11.3 Å². The Morgan fingerprint density at radius 3 is 2.65 bits per heavy atom. The molecule has 0 saturated carbocycles. The van der Waals surface area contributed by atoms with Crippen LogP contribution in [0.25, 0.3) is 0 Å². The average Bonchev–Trinajstić information content (AvgIpc) is 2.97. The van der Waals surface area contributed by atoms with Gasteiger partial charge in [0.15, 0.2) is 5.13 Å². The number of nitrogens with zero attached hydrogens (tertiary/aromatic N) is 1. The lowest BCUT2D eigenvalue weighted by molar-refractivity contribution is -0.136. The zero-order valence-corrected chi connectivity index (χ0v) is 11.7. The molecule has 2 N–H and O–H groups in total. The number of benzene rings is 1. The van der Waals surface area contributed by atoms with Gasteiger partial charge in [0.2, 0.25) is 0 Å². The fourth-order valence-corrected chi connectivity index (χ4v) is 2.18. The highest BCUT2D eigenvalue weighted by atomic mass is 32.1. The summed E-state index contributed by atoms with van der Waals surface area (Å²) in [6, 6.07) is 10.0. The van der Waals surface area contributed by atoms with Crippen molar-refractivity contribution in [1.29, 1.82) is 0 Å². The molecule has 0 spiro atoms. The van der Waals surface area contributed by atoms with Crippen molar-refractivity contribution in [2.24, 2.45) is 0 Å². The number of nitrogens with one attached hydrogen (secondary N) is 2. The van der Waals surface area contributed by atoms with Crippen LogP contribution in [0.5, 0.6) is 0 Å². The molecule has 5 nitrogen and oxygen atoms in total. The lowest BCUT2D eigenvalue weighted by Crippen LogP contribution is -2.36. The highest BCUT2D eigenvalue weighted by Crippen LogP contribution is 2.09. The molecular weight excluding hydrogens is 274 g/mol. The summed E-state index contributed by atoms with van der Waals surface area (Å²) in [5, 5.41) is 7.18. The van der Waals surface area contributed by atoms with Crippen molar-refractivity contribution in [3.63, 3.8) is 0 Å². The van der Waals surface area contributed by atoms with E-state index in [4.69, 9.17) is 0 Å². The molecule has 0 radical (unpaired) electrons. The normalized spacial score (nSPS) is 10.0. The molecule has 0 saturated heterocycles. The Labute approximate surface area is 121 Å². The zero-order chi connectivity index (χ0) is 14.2. The van der Waals surface area contributed by atoms with Gasteiger partial charge in [-0.1, -0.05) is 30.3 Å². The molecule has 0 bridgehead atoms. The Hall–Kier alpha value is -2.21. The van der Waals surface area contributed by atoms with E-state index in [-0.39, 0.29) is 0 Å². The van der Waals surface area contributed by atoms with Crippen LogP contribution in [0, 0.1) is 0 Å². The second kappa shape index (κ2) is 7.40. The number of carbonyl (C=O) groups excluding carboxylic acids is 2. The first-order valence-electron chi connectivity index (χ1n) is 6.28. The van der Waals surface area contributed by atoms with Gasteiger partial charge in [-0.15, -0.1) is 11.3 Å². The van der Waals surface area contributed by atoms with Crippen molar-refractivity contribution in [3.05, 3.63) is 47.5 Å². The summed E-state index contributed by atoms with van der Waals surface area (Å²) in [7, 11) is 0. The Balaban J connectivity index is 1.66. The minimum atomic E-state index is -0.681. The van der Waals surface area contributed by atoms with Gasteiger partial charge < -0.3 is 5.32 Å². The topological polar surface area (TPSA) is 71.1 Å². The SMILES string of the molecule is O=C(NCCCc1ccccc1)C(=O)Nc1nccs1. The van der Waals surface area contributed by atoms with E-state index in [2.05, 4.69) is 15.6 Å². The van der Waals surface area contributed by atoms with Crippen LogP contribution in [-0.4, -0.2) is 23.3 Å². The number of rotatable bonds is 5. The van der Waals surface area contributed by atoms with Crippen molar-refractivity contribution >= 4 is 28.3 Å². The van der Waals surface area contributed by atoms with Crippen LogP contribution in [0.2, 0.25) is 0 Å². The van der Waals surface area contributed by atoms with Crippen molar-refractivity contribution in [2.75, 3.05) is 11.9 Å². The van der Waals surface area contributed by atoms with E-state index < -0.39 is 11.8 Å². The Morgan fingerprint density at radius 1 is 1.15 bits per heavy atom. The number of anilines is 1. The number of aryl methyl sites for hydroxylation is 1. The highest BCUT2D eigenvalue weighted by Gasteiger charge is 2.13. The van der Waals surface area contributed by atoms with Gasteiger partial charge in [0.05, 0.1) is 0 Å². The summed E-state index contributed by atoms with van der Waals surface area (Å²) in [6.45, 7) is 0.471. The fraction of sp³-hybridized carbons (Fsp3) is 0.214. The number of amides is 2. The van der Waals surface area contributed by atoms with E-state index in [9.17, 15) is 9.59 Å². The van der Waals surface area contributed by atoms with Crippen molar-refractivity contribution in [3.8, 4) is 0 Å². The molecule has 0 fully saturated rings. The summed E-state index contributed by atoms with van der Waals surface area (Å²) in [5.41, 5.74) is 1.22. The van der Waals surface area contributed by atoms with Crippen LogP contribution in [0.3, 0.4) is 0 Å². The zero-order valence-electron chi connectivity index (χ0n) is 10.8. The number of hydrogen-bond acceptors (Lipinski definition) is 4. The van der Waals surface area contributed by atoms with E-state index in [1.165, 1.54) is 16.9 Å². The molecule has 6 heteroatoms. The molecule has 1 aromatic carbocycles. The van der Waals surface area contributed by atoms with Crippen molar-refractivity contribution in [1.82, 2.24) is 10.3 Å². The summed E-state index contributed by atoms with van der Waals surface area (Å²) in [4.78, 5) is 26.9. The smallest absolute Gasteiger partial charge is 0.315 e. The quantitative estimate of drug-likeness (QED) is 0.651. The Bertz CT molecular complexity index is 555. The first-order chi connectivity index (χ1) is 9.75. The van der Waals surface area contributed by atoms with E-state index in [1.54, 1.807) is 11.6 Å². The largest absolute Gasteiger partial charge is 0.348 e. The van der Waals surface area contributed by atoms with Gasteiger partial charge >= 0.3 is 11.8 Å². The molecule has 0 unspecified atom stereocenters. The maximum Gasteiger partial charge on any atom is 0.315 e. The number of hydrogen-bond donors (Lipinski definition) is 2. The van der Waals surface area contributed by atoms with Gasteiger partial charge in [0.25, 0.3) is 0 Å². The minimum Gasteiger partial charge on any atom is -0.348 e. The van der Waals surface area contributed by atoms with E-state index >= 15 is 0 Å². The molecule has 1 heterocycles. The van der Waals surface area contributed by atoms with Gasteiger partial charge in [-0.3, -0.25) is 14.9 Å². The lowest BCUT2D eigenvalue weighted by Gasteiger charge is -2.05. The fourth-order valence-electron chi connectivity index (χ4n) is 1.66. The lowest BCUT2D eigenvalue weighted by atomic mass is 10.1. The van der Waals surface area contributed by atoms with E-state index in [0.29, 0.717) is 11.7 Å². The van der Waals surface area contributed by atoms with E-state index in [0.717, 1.165) is 12.8 Å². The van der Waals surface area contributed by atoms with Crippen LogP contribution in [0.15, 0.2) is 41.9 Å². The van der Waals surface area contributed by atoms with Crippen molar-refractivity contribution < 1.29 is 9.59 Å². The number of aromatic nitrogens is 1. The number of carbonyl (C=O) groups is 2. The third-order valence-electron chi connectivity index (χ3n) is 2.63. The van der Waals surface area contributed by atoms with E-state index in [1.807, 2.05) is 30.3 Å². The molecule has 104 valence electrons. The first-order valence-corrected chi connectivity index (χ1v) is 7.16. The Morgan fingerprint density at radius 2 is 1.95 bits per heavy atom. The third kappa shape index (κ3) is 4.47. The average molecular weight is 289 g/mol. The van der Waals surface area contributed by atoms with Gasteiger partial charge in [-0.25, -0.2) is 4.98 Å². The molecule has 20 heavy (non-hydrogen) atoms. The predicted molar refractivity (Wildman–Crippen MR) is 78.5 cm³/mol. The predicted octanol–water partition coefficient (Wildman–Crippen LogP) is 1.83. The van der Waals surface area contributed by atoms with Crippen LogP contribution < -0.4 is 10.6 Å². The highest BCUT2D eigenvalue weighted by molar-refractivity contribution is 7.13. The van der Waals surface area contributed by atoms with Gasteiger partial charge in [0, 0.05) is 18.1 Å². The summed E-state index contributed by atoms with van der Waals surface area (Å²) in [5.74, 6) is -1.31. The summed E-state index contributed by atoms with van der Waals surface area (Å²) >= 11 is 1.27. The van der Waals surface area contributed by atoms with Crippen molar-refractivity contribution in [2.45, 2.75) is 12.8 Å². The molecule has 0 aliphatic carbocycles. The first kappa shape index (κ1) is 14.2. The summed E-state index contributed by atoms with van der Waals surface area (Å²) in [6.07, 6.45) is 3.23. The molecule has 0 atom stereocenters. The van der Waals surface area contributed by atoms with Gasteiger partial charge in [-0.2, -0.15) is 0 Å². The van der Waals surface area contributed by atoms with Crippen LogP contribution in [-0.2, 0) is 16.0 Å². The maximum atomic E-state index is 11.5. The maximum absolute atomic E-state index is 11.5. The summed E-state index contributed by atoms with van der Waals surface area (Å²) < 4.78 is 0. The minimum absolute atomic E-state index is 0.425. The second-order valence-electron chi connectivity index (χ2n) is 4.14. The standard InChI is InChI=1S/C14H15N3O2S/c18-12(13(19)17-14-16-9-10-20-14)15-8-4-7-11-5-2-1-3-6-11/h1-3,5-6,9-10H,4,7-8H2,(H,15,18)(H,16,17,19). The molecule has 2 aromatic rings. The monoisotopic (exact) mass is 289 g/mol. The molecular formula is C14H15N3O2S. The van der Waals surface area contributed by atoms with Gasteiger partial charge in [-0.05, 0) is 18.4 Å². The van der Waals surface area contributed by atoms with Crippen LogP contribution in [0.4, 0.5) is 5.13 Å². The third-order valence-corrected chi connectivity index (χ3v) is 3.32. The molecule has 0 aliphatic rings. The molecule has 2 rings (SSSR count).